The highest BCUT2D eigenvalue weighted by Gasteiger charge is 2.16. The minimum Gasteiger partial charge on any atom is -0.490 e. The fraction of sp³-hybridized carbons (Fsp3) is 0.381. The van der Waals surface area contributed by atoms with Gasteiger partial charge >= 0.3 is 6.61 Å². The molecule has 6 nitrogen and oxygen atoms in total. The first kappa shape index (κ1) is 23.3. The fourth-order valence-electron chi connectivity index (χ4n) is 2.80. The monoisotopic (exact) mass is 425 g/mol. The topological polar surface area (TPSA) is 64.1 Å². The summed E-state index contributed by atoms with van der Waals surface area (Å²) >= 11 is 0. The predicted octanol–water partition coefficient (Wildman–Crippen LogP) is 3.88. The van der Waals surface area contributed by atoms with E-state index in [0.717, 1.165) is 5.56 Å². The van der Waals surface area contributed by atoms with Gasteiger partial charge in [0.05, 0.1) is 12.7 Å². The molecule has 0 fully saturated rings. The Morgan fingerprint density at radius 3 is 2.43 bits per heavy atom. The van der Waals surface area contributed by atoms with Crippen LogP contribution in [0.2, 0.25) is 0 Å². The van der Waals surface area contributed by atoms with Crippen molar-refractivity contribution < 1.29 is 27.4 Å². The SMILES string of the molecule is CCOc1cccc(CNC(=NC)NCC(OC)c2ccc(F)cc2)c1OC(F)F. The Morgan fingerprint density at radius 2 is 1.83 bits per heavy atom. The van der Waals surface area contributed by atoms with Gasteiger partial charge in [0.2, 0.25) is 0 Å². The van der Waals surface area contributed by atoms with Gasteiger partial charge in [0.15, 0.2) is 17.5 Å². The van der Waals surface area contributed by atoms with E-state index in [1.165, 1.54) is 12.1 Å². The molecule has 2 N–H and O–H groups in total. The molecular weight excluding hydrogens is 399 g/mol. The Balaban J connectivity index is 2.03. The Bertz CT molecular complexity index is 817. The van der Waals surface area contributed by atoms with Crippen molar-refractivity contribution in [3.63, 3.8) is 0 Å². The molecule has 0 aliphatic rings. The second-order valence-corrected chi connectivity index (χ2v) is 6.14. The van der Waals surface area contributed by atoms with Crippen molar-refractivity contribution in [2.75, 3.05) is 27.3 Å². The van der Waals surface area contributed by atoms with Crippen LogP contribution in [0.3, 0.4) is 0 Å². The molecule has 30 heavy (non-hydrogen) atoms. The third-order valence-electron chi connectivity index (χ3n) is 4.22. The molecule has 0 aliphatic heterocycles. The molecule has 0 aromatic heterocycles. The molecule has 9 heteroatoms. The number of halogens is 3. The summed E-state index contributed by atoms with van der Waals surface area (Å²) < 4.78 is 54.3. The van der Waals surface area contributed by atoms with Crippen LogP contribution in [-0.2, 0) is 11.3 Å². The van der Waals surface area contributed by atoms with Crippen LogP contribution in [0.15, 0.2) is 47.5 Å². The van der Waals surface area contributed by atoms with Gasteiger partial charge in [0.25, 0.3) is 0 Å². The number of benzene rings is 2. The van der Waals surface area contributed by atoms with Crippen LogP contribution in [0.5, 0.6) is 11.5 Å². The van der Waals surface area contributed by atoms with E-state index in [1.54, 1.807) is 51.4 Å². The van der Waals surface area contributed by atoms with Gasteiger partial charge in [-0.2, -0.15) is 8.78 Å². The van der Waals surface area contributed by atoms with Crippen molar-refractivity contribution in [2.45, 2.75) is 26.2 Å². The van der Waals surface area contributed by atoms with Crippen molar-refractivity contribution in [1.29, 1.82) is 0 Å². The average molecular weight is 425 g/mol. The fourth-order valence-corrected chi connectivity index (χ4v) is 2.80. The number of nitrogens with one attached hydrogen (secondary N) is 2. The van der Waals surface area contributed by atoms with E-state index in [9.17, 15) is 13.2 Å². The minimum absolute atomic E-state index is 0.0154. The first-order valence-corrected chi connectivity index (χ1v) is 9.40. The van der Waals surface area contributed by atoms with Crippen LogP contribution in [0.4, 0.5) is 13.2 Å². The highest BCUT2D eigenvalue weighted by Crippen LogP contribution is 2.32. The number of rotatable bonds is 10. The number of hydrogen-bond donors (Lipinski definition) is 2. The molecule has 0 bridgehead atoms. The number of aliphatic imine (C=N–C) groups is 1. The summed E-state index contributed by atoms with van der Waals surface area (Å²) in [5.74, 6) is 0.341. The van der Waals surface area contributed by atoms with Gasteiger partial charge in [-0.05, 0) is 30.7 Å². The minimum atomic E-state index is -2.97. The van der Waals surface area contributed by atoms with Crippen LogP contribution < -0.4 is 20.1 Å². The van der Waals surface area contributed by atoms with Gasteiger partial charge in [0.1, 0.15) is 5.82 Å². The lowest BCUT2D eigenvalue weighted by molar-refractivity contribution is -0.0520. The zero-order valence-corrected chi connectivity index (χ0v) is 17.1. The summed E-state index contributed by atoms with van der Waals surface area (Å²) in [5, 5.41) is 6.16. The Kier molecular flexibility index (Phi) is 9.27. The second-order valence-electron chi connectivity index (χ2n) is 6.14. The number of hydrogen-bond acceptors (Lipinski definition) is 4. The zero-order valence-electron chi connectivity index (χ0n) is 17.1. The lowest BCUT2D eigenvalue weighted by Crippen LogP contribution is -2.39. The van der Waals surface area contributed by atoms with E-state index in [0.29, 0.717) is 24.7 Å². The van der Waals surface area contributed by atoms with Crippen molar-refractivity contribution in [3.05, 3.63) is 59.4 Å². The van der Waals surface area contributed by atoms with Gasteiger partial charge in [-0.25, -0.2) is 4.39 Å². The van der Waals surface area contributed by atoms with Gasteiger partial charge in [0, 0.05) is 32.8 Å². The maximum atomic E-state index is 13.1. The van der Waals surface area contributed by atoms with Crippen molar-refractivity contribution in [2.24, 2.45) is 4.99 Å². The van der Waals surface area contributed by atoms with Gasteiger partial charge in [-0.1, -0.05) is 24.3 Å². The molecule has 0 spiro atoms. The molecule has 2 aromatic rings. The maximum Gasteiger partial charge on any atom is 0.387 e. The zero-order chi connectivity index (χ0) is 21.9. The Morgan fingerprint density at radius 1 is 1.10 bits per heavy atom. The Labute approximate surface area is 174 Å². The molecule has 164 valence electrons. The van der Waals surface area contributed by atoms with Crippen LogP contribution >= 0.6 is 0 Å². The first-order chi connectivity index (χ1) is 14.5. The number of guanidine groups is 1. The molecule has 1 unspecified atom stereocenters. The molecule has 2 rings (SSSR count). The number of methoxy groups -OCH3 is 1. The Hall–Kier alpha value is -2.94. The van der Waals surface area contributed by atoms with Crippen molar-refractivity contribution in [3.8, 4) is 11.5 Å². The summed E-state index contributed by atoms with van der Waals surface area (Å²) in [6.07, 6.45) is -0.330. The molecule has 0 saturated heterocycles. The number of alkyl halides is 2. The lowest BCUT2D eigenvalue weighted by atomic mass is 10.1. The summed E-state index contributed by atoms with van der Waals surface area (Å²) in [5.41, 5.74) is 1.30. The smallest absolute Gasteiger partial charge is 0.387 e. The average Bonchev–Trinajstić information content (AvgIpc) is 2.73. The third kappa shape index (κ3) is 6.84. The molecule has 0 radical (unpaired) electrons. The summed E-state index contributed by atoms with van der Waals surface area (Å²) in [4.78, 5) is 4.13. The summed E-state index contributed by atoms with van der Waals surface area (Å²) in [7, 11) is 3.14. The molecule has 0 amide bonds. The van der Waals surface area contributed by atoms with E-state index < -0.39 is 6.61 Å². The molecule has 0 aliphatic carbocycles. The highest BCUT2D eigenvalue weighted by atomic mass is 19.3. The van der Waals surface area contributed by atoms with E-state index in [-0.39, 0.29) is 30.0 Å². The summed E-state index contributed by atoms with van der Waals surface area (Å²) in [6, 6.07) is 11.0. The lowest BCUT2D eigenvalue weighted by Gasteiger charge is -2.20. The van der Waals surface area contributed by atoms with Crippen molar-refractivity contribution in [1.82, 2.24) is 10.6 Å². The summed E-state index contributed by atoms with van der Waals surface area (Å²) in [6.45, 7) is -0.351. The maximum absolute atomic E-state index is 13.1. The predicted molar refractivity (Wildman–Crippen MR) is 109 cm³/mol. The van der Waals surface area contributed by atoms with E-state index in [2.05, 4.69) is 20.4 Å². The highest BCUT2D eigenvalue weighted by molar-refractivity contribution is 5.79. The van der Waals surface area contributed by atoms with E-state index in [4.69, 9.17) is 9.47 Å². The largest absolute Gasteiger partial charge is 0.490 e. The standard InChI is InChI=1S/C21H26F3N3O3/c1-4-29-17-7-5-6-15(19(17)30-20(23)24)12-26-21(25-2)27-13-18(28-3)14-8-10-16(22)11-9-14/h5-11,18,20H,4,12-13H2,1-3H3,(H2,25,26,27). The van der Waals surface area contributed by atoms with Crippen LogP contribution in [0, 0.1) is 5.82 Å². The van der Waals surface area contributed by atoms with Crippen LogP contribution in [0.25, 0.3) is 0 Å². The second kappa shape index (κ2) is 11.9. The molecule has 0 heterocycles. The van der Waals surface area contributed by atoms with E-state index in [1.807, 2.05) is 0 Å². The molecular formula is C21H26F3N3O3. The van der Waals surface area contributed by atoms with Gasteiger partial charge in [-0.3, -0.25) is 4.99 Å². The van der Waals surface area contributed by atoms with Gasteiger partial charge < -0.3 is 24.8 Å². The van der Waals surface area contributed by atoms with Crippen LogP contribution in [-0.4, -0.2) is 39.9 Å². The normalized spacial score (nSPS) is 12.6. The third-order valence-corrected chi connectivity index (χ3v) is 4.22. The van der Waals surface area contributed by atoms with Gasteiger partial charge in [-0.15, -0.1) is 0 Å². The number of ether oxygens (including phenoxy) is 3. The van der Waals surface area contributed by atoms with E-state index >= 15 is 0 Å². The van der Waals surface area contributed by atoms with Crippen LogP contribution in [0.1, 0.15) is 24.2 Å². The van der Waals surface area contributed by atoms with Crippen molar-refractivity contribution >= 4 is 5.96 Å². The molecule has 2 aromatic carbocycles. The number of para-hydroxylation sites is 1. The quantitative estimate of drug-likeness (QED) is 0.447. The first-order valence-electron chi connectivity index (χ1n) is 9.40. The molecule has 0 saturated carbocycles. The number of nitrogens with zero attached hydrogens (tertiary/aromatic N) is 1. The molecule has 1 atom stereocenters.